The second-order valence-electron chi connectivity index (χ2n) is 4.97. The van der Waals surface area contributed by atoms with Crippen molar-refractivity contribution >= 4 is 21.6 Å². The Kier molecular flexibility index (Phi) is 5.42. The highest BCUT2D eigenvalue weighted by Crippen LogP contribution is 2.28. The first-order valence-corrected chi connectivity index (χ1v) is 8.64. The Morgan fingerprint density at radius 3 is 2.95 bits per heavy atom. The highest BCUT2D eigenvalue weighted by atomic mass is 35.5. The van der Waals surface area contributed by atoms with Gasteiger partial charge in [-0.3, -0.25) is 4.68 Å². The lowest BCUT2D eigenvalue weighted by atomic mass is 10.5. The summed E-state index contributed by atoms with van der Waals surface area (Å²) in [7, 11) is -1.94. The van der Waals surface area contributed by atoms with Gasteiger partial charge in [0.2, 0.25) is 10.0 Å². The predicted molar refractivity (Wildman–Crippen MR) is 76.3 cm³/mol. The minimum atomic E-state index is -3.49. The van der Waals surface area contributed by atoms with E-state index in [9.17, 15) is 8.42 Å². The van der Waals surface area contributed by atoms with Crippen molar-refractivity contribution in [3.05, 3.63) is 12.4 Å². The van der Waals surface area contributed by atoms with Crippen molar-refractivity contribution in [2.24, 2.45) is 5.92 Å². The number of hydrogen-bond acceptors (Lipinski definition) is 4. The van der Waals surface area contributed by atoms with Crippen LogP contribution in [0.5, 0.6) is 0 Å². The molecule has 8 heteroatoms. The number of alkyl halides is 1. The minimum Gasteiger partial charge on any atom is -0.380 e. The van der Waals surface area contributed by atoms with Crippen LogP contribution in [-0.2, 0) is 21.3 Å². The molecule has 0 atom stereocenters. The maximum atomic E-state index is 12.3. The number of rotatable bonds is 9. The molecule has 0 N–H and O–H groups in total. The molecule has 2 rings (SSSR count). The zero-order chi connectivity index (χ0) is 14.6. The van der Waals surface area contributed by atoms with Crippen LogP contribution in [0.25, 0.3) is 0 Å². The van der Waals surface area contributed by atoms with Gasteiger partial charge >= 0.3 is 0 Å². The SMILES string of the molecule is CN(CCOCC1CC1)S(=O)(=O)c1cnn(CCCl)c1. The lowest BCUT2D eigenvalue weighted by Crippen LogP contribution is -2.30. The van der Waals surface area contributed by atoms with Crippen LogP contribution in [0.4, 0.5) is 0 Å². The smallest absolute Gasteiger partial charge is 0.246 e. The van der Waals surface area contributed by atoms with Gasteiger partial charge in [-0.2, -0.15) is 9.40 Å². The summed E-state index contributed by atoms with van der Waals surface area (Å²) in [5, 5.41) is 3.98. The van der Waals surface area contributed by atoms with E-state index < -0.39 is 10.0 Å². The first-order chi connectivity index (χ1) is 9.54. The maximum Gasteiger partial charge on any atom is 0.246 e. The van der Waals surface area contributed by atoms with Crippen molar-refractivity contribution in [3.8, 4) is 0 Å². The summed E-state index contributed by atoms with van der Waals surface area (Å²) >= 11 is 5.60. The Morgan fingerprint density at radius 1 is 1.55 bits per heavy atom. The summed E-state index contributed by atoms with van der Waals surface area (Å²) in [4.78, 5) is 0.187. The molecule has 1 aliphatic carbocycles. The second kappa shape index (κ2) is 6.89. The van der Waals surface area contributed by atoms with Crippen LogP contribution in [-0.4, -0.2) is 55.2 Å². The molecule has 0 aliphatic heterocycles. The van der Waals surface area contributed by atoms with Crippen molar-refractivity contribution in [1.82, 2.24) is 14.1 Å². The molecule has 0 unspecified atom stereocenters. The maximum absolute atomic E-state index is 12.3. The molecular weight excluding hydrogens is 302 g/mol. The molecule has 20 heavy (non-hydrogen) atoms. The van der Waals surface area contributed by atoms with Gasteiger partial charge in [-0.1, -0.05) is 0 Å². The molecule has 0 bridgehead atoms. The monoisotopic (exact) mass is 321 g/mol. The summed E-state index contributed by atoms with van der Waals surface area (Å²) in [6.45, 7) is 1.99. The molecule has 1 heterocycles. The van der Waals surface area contributed by atoms with Gasteiger partial charge in [0.25, 0.3) is 0 Å². The van der Waals surface area contributed by atoms with Crippen molar-refractivity contribution in [2.75, 3.05) is 32.7 Å². The van der Waals surface area contributed by atoms with E-state index >= 15 is 0 Å². The topological polar surface area (TPSA) is 64.4 Å². The van der Waals surface area contributed by atoms with E-state index in [1.54, 1.807) is 7.05 Å². The zero-order valence-electron chi connectivity index (χ0n) is 11.5. The molecule has 0 amide bonds. The van der Waals surface area contributed by atoms with E-state index in [1.807, 2.05) is 0 Å². The summed E-state index contributed by atoms with van der Waals surface area (Å²) in [5.74, 6) is 1.08. The molecule has 0 spiro atoms. The molecule has 0 saturated heterocycles. The van der Waals surface area contributed by atoms with E-state index in [1.165, 1.54) is 34.2 Å². The van der Waals surface area contributed by atoms with Gasteiger partial charge in [-0.15, -0.1) is 11.6 Å². The Morgan fingerprint density at radius 2 is 2.30 bits per heavy atom. The van der Waals surface area contributed by atoms with Gasteiger partial charge in [-0.25, -0.2) is 8.42 Å². The normalized spacial score (nSPS) is 15.9. The van der Waals surface area contributed by atoms with Gasteiger partial charge in [0, 0.05) is 32.3 Å². The van der Waals surface area contributed by atoms with Crippen LogP contribution >= 0.6 is 11.6 Å². The number of ether oxygens (including phenoxy) is 1. The van der Waals surface area contributed by atoms with Gasteiger partial charge in [0.1, 0.15) is 4.90 Å². The minimum absolute atomic E-state index is 0.187. The third-order valence-corrected chi connectivity index (χ3v) is 5.21. The van der Waals surface area contributed by atoms with Crippen LogP contribution in [0, 0.1) is 5.92 Å². The summed E-state index contributed by atoms with van der Waals surface area (Å²) < 4.78 is 32.8. The van der Waals surface area contributed by atoms with Gasteiger partial charge < -0.3 is 4.74 Å². The second-order valence-corrected chi connectivity index (χ2v) is 7.40. The van der Waals surface area contributed by atoms with Crippen LogP contribution in [0.3, 0.4) is 0 Å². The van der Waals surface area contributed by atoms with Crippen LogP contribution in [0.1, 0.15) is 12.8 Å². The summed E-state index contributed by atoms with van der Waals surface area (Å²) in [6, 6.07) is 0. The summed E-state index contributed by atoms with van der Waals surface area (Å²) in [5.41, 5.74) is 0. The Hall–Kier alpha value is -0.630. The number of sulfonamides is 1. The highest BCUT2D eigenvalue weighted by molar-refractivity contribution is 7.89. The number of likely N-dealkylation sites (N-methyl/N-ethyl adjacent to an activating group) is 1. The van der Waals surface area contributed by atoms with Crippen molar-refractivity contribution in [3.63, 3.8) is 0 Å². The van der Waals surface area contributed by atoms with Gasteiger partial charge in [0.15, 0.2) is 0 Å². The number of nitrogens with zero attached hydrogens (tertiary/aromatic N) is 3. The molecule has 1 saturated carbocycles. The number of aromatic nitrogens is 2. The fraction of sp³-hybridized carbons (Fsp3) is 0.750. The zero-order valence-corrected chi connectivity index (χ0v) is 13.1. The van der Waals surface area contributed by atoms with Crippen molar-refractivity contribution < 1.29 is 13.2 Å². The average molecular weight is 322 g/mol. The fourth-order valence-corrected chi connectivity index (χ4v) is 3.00. The largest absolute Gasteiger partial charge is 0.380 e. The first-order valence-electron chi connectivity index (χ1n) is 6.66. The van der Waals surface area contributed by atoms with E-state index in [0.29, 0.717) is 31.5 Å². The van der Waals surface area contributed by atoms with Gasteiger partial charge in [-0.05, 0) is 18.8 Å². The van der Waals surface area contributed by atoms with E-state index in [0.717, 1.165) is 6.61 Å². The third kappa shape index (κ3) is 4.18. The molecule has 0 radical (unpaired) electrons. The lowest BCUT2D eigenvalue weighted by molar-refractivity contribution is 0.117. The summed E-state index contributed by atoms with van der Waals surface area (Å²) in [6.07, 6.45) is 5.31. The predicted octanol–water partition coefficient (Wildman–Crippen LogP) is 1.17. The number of halogens is 1. The molecule has 114 valence electrons. The van der Waals surface area contributed by atoms with E-state index in [4.69, 9.17) is 16.3 Å². The van der Waals surface area contributed by atoms with Crippen LogP contribution < -0.4 is 0 Å². The van der Waals surface area contributed by atoms with E-state index in [-0.39, 0.29) is 4.90 Å². The quantitative estimate of drug-likeness (QED) is 0.506. The number of aryl methyl sites for hydroxylation is 1. The third-order valence-electron chi connectivity index (χ3n) is 3.23. The molecular formula is C12H20ClN3O3S. The highest BCUT2D eigenvalue weighted by Gasteiger charge is 2.24. The first kappa shape index (κ1) is 15.8. The fourth-order valence-electron chi connectivity index (χ4n) is 1.71. The molecule has 1 aliphatic rings. The molecule has 1 fully saturated rings. The molecule has 0 aromatic carbocycles. The van der Waals surface area contributed by atoms with Gasteiger partial charge in [0.05, 0.1) is 19.3 Å². The molecule has 1 aromatic heterocycles. The lowest BCUT2D eigenvalue weighted by Gasteiger charge is -2.15. The Labute approximate surface area is 124 Å². The van der Waals surface area contributed by atoms with Crippen LogP contribution in [0.2, 0.25) is 0 Å². The van der Waals surface area contributed by atoms with Crippen molar-refractivity contribution in [2.45, 2.75) is 24.3 Å². The number of hydrogen-bond donors (Lipinski definition) is 0. The Balaban J connectivity index is 1.86. The average Bonchev–Trinajstić information content (AvgIpc) is 3.11. The molecule has 1 aromatic rings. The standard InChI is InChI=1S/C12H20ClN3O3S/c1-15(6-7-19-10-11-2-3-11)20(17,18)12-8-14-16(9-12)5-4-13/h8-9,11H,2-7,10H2,1H3. The van der Waals surface area contributed by atoms with Crippen molar-refractivity contribution in [1.29, 1.82) is 0 Å². The van der Waals surface area contributed by atoms with E-state index in [2.05, 4.69) is 5.10 Å². The Bertz CT molecular complexity index is 528. The van der Waals surface area contributed by atoms with Crippen LogP contribution in [0.15, 0.2) is 17.3 Å². The molecule has 6 nitrogen and oxygen atoms in total.